The average Bonchev–Trinajstić information content (AvgIpc) is 3.10. The van der Waals surface area contributed by atoms with Crippen LogP contribution in [0.2, 0.25) is 0 Å². The zero-order valence-corrected chi connectivity index (χ0v) is 16.1. The van der Waals surface area contributed by atoms with Crippen LogP contribution in [0.3, 0.4) is 0 Å². The van der Waals surface area contributed by atoms with E-state index in [2.05, 4.69) is 6.07 Å². The van der Waals surface area contributed by atoms with Crippen molar-refractivity contribution < 1.29 is 19.4 Å². The lowest BCUT2D eigenvalue weighted by Crippen LogP contribution is -2.34. The number of ether oxygens (including phenoxy) is 2. The Morgan fingerprint density at radius 3 is 2.33 bits per heavy atom. The summed E-state index contributed by atoms with van der Waals surface area (Å²) in [4.78, 5) is 13.1. The summed E-state index contributed by atoms with van der Waals surface area (Å²) in [6, 6.07) is 14.4. The van der Waals surface area contributed by atoms with Crippen molar-refractivity contribution in [1.82, 2.24) is 0 Å². The molecule has 0 aliphatic carbocycles. The monoisotopic (exact) mass is 381 g/mol. The Labute approximate surface area is 161 Å². The third-order valence-electron chi connectivity index (χ3n) is 4.75. The van der Waals surface area contributed by atoms with Gasteiger partial charge in [0.25, 0.3) is 0 Å². The van der Waals surface area contributed by atoms with Crippen molar-refractivity contribution in [1.29, 1.82) is 5.26 Å². The molecule has 3 aromatic rings. The van der Waals surface area contributed by atoms with Gasteiger partial charge in [-0.3, -0.25) is 4.79 Å². The summed E-state index contributed by atoms with van der Waals surface area (Å²) in [5.41, 5.74) is 0.0446. The molecule has 0 aliphatic rings. The fourth-order valence-electron chi connectivity index (χ4n) is 3.11. The number of methoxy groups -OCH3 is 2. The molecule has 138 valence electrons. The Morgan fingerprint density at radius 2 is 1.78 bits per heavy atom. The molecular formula is C21H19NO4S. The van der Waals surface area contributed by atoms with Crippen molar-refractivity contribution in [3.05, 3.63) is 58.5 Å². The van der Waals surface area contributed by atoms with E-state index in [1.807, 2.05) is 18.2 Å². The average molecular weight is 381 g/mol. The van der Waals surface area contributed by atoms with E-state index in [-0.39, 0.29) is 0 Å². The zero-order valence-electron chi connectivity index (χ0n) is 15.3. The van der Waals surface area contributed by atoms with Crippen LogP contribution >= 0.6 is 11.3 Å². The molecule has 1 unspecified atom stereocenters. The Hall–Kier alpha value is -3.04. The van der Waals surface area contributed by atoms with Crippen molar-refractivity contribution in [3.8, 4) is 17.6 Å². The topological polar surface area (TPSA) is 79.6 Å². The summed E-state index contributed by atoms with van der Waals surface area (Å²) >= 11 is 1.50. The van der Waals surface area contributed by atoms with Crippen LogP contribution in [0.1, 0.15) is 22.9 Å². The molecule has 0 fully saturated rings. The second kappa shape index (κ2) is 7.29. The first kappa shape index (κ1) is 18.7. The smallest absolute Gasteiger partial charge is 0.314 e. The lowest BCUT2D eigenvalue weighted by atomic mass is 9.79. The number of hydrogen-bond acceptors (Lipinski definition) is 5. The summed E-state index contributed by atoms with van der Waals surface area (Å²) in [7, 11) is 3.22. The maximum absolute atomic E-state index is 12.1. The highest BCUT2D eigenvalue weighted by Crippen LogP contribution is 2.41. The minimum atomic E-state index is -1.12. The number of carboxylic acids is 1. The quantitative estimate of drug-likeness (QED) is 0.686. The van der Waals surface area contributed by atoms with E-state index in [0.29, 0.717) is 17.5 Å². The number of nitriles is 1. The van der Waals surface area contributed by atoms with Crippen molar-refractivity contribution >= 4 is 27.4 Å². The number of carboxylic acid groups (broad SMARTS) is 1. The molecule has 0 spiro atoms. The number of rotatable bonds is 6. The molecule has 0 radical (unpaired) electrons. The molecule has 0 aliphatic heterocycles. The van der Waals surface area contributed by atoms with Gasteiger partial charge in [-0.25, -0.2) is 0 Å². The summed E-state index contributed by atoms with van der Waals surface area (Å²) in [6.45, 7) is 1.70. The molecular weight excluding hydrogens is 362 g/mol. The first-order valence-corrected chi connectivity index (χ1v) is 9.12. The van der Waals surface area contributed by atoms with Crippen LogP contribution in [0, 0.1) is 11.3 Å². The van der Waals surface area contributed by atoms with E-state index >= 15 is 0 Å². The van der Waals surface area contributed by atoms with E-state index in [4.69, 9.17) is 14.7 Å². The van der Waals surface area contributed by atoms with Gasteiger partial charge in [0.1, 0.15) is 11.5 Å². The summed E-state index contributed by atoms with van der Waals surface area (Å²) < 4.78 is 11.8. The Morgan fingerprint density at radius 1 is 1.15 bits per heavy atom. The van der Waals surface area contributed by atoms with E-state index < -0.39 is 11.4 Å². The maximum Gasteiger partial charge on any atom is 0.314 e. The number of hydrogen-bond donors (Lipinski definition) is 1. The Kier molecular flexibility index (Phi) is 5.06. The van der Waals surface area contributed by atoms with Gasteiger partial charge in [0.2, 0.25) is 0 Å². The van der Waals surface area contributed by atoms with Crippen LogP contribution in [-0.2, 0) is 16.6 Å². The van der Waals surface area contributed by atoms with Gasteiger partial charge in [-0.2, -0.15) is 5.26 Å². The van der Waals surface area contributed by atoms with Crippen LogP contribution in [0.5, 0.6) is 11.5 Å². The number of nitrogens with zero attached hydrogens (tertiary/aromatic N) is 1. The standard InChI is InChI=1S/C21H19NO4S/c1-21(20(23)24,14-6-4-13(12-22)5-7-14)11-15-10-16-17(25-2)8-9-18(26-3)19(16)27-15/h4-10H,11H2,1-3H3,(H,23,24). The molecule has 3 rings (SSSR count). The van der Waals surface area contributed by atoms with Gasteiger partial charge in [-0.15, -0.1) is 11.3 Å². The third-order valence-corrected chi connectivity index (χ3v) is 5.90. The molecule has 1 aromatic heterocycles. The number of thiophene rings is 1. The molecule has 0 saturated heterocycles. The molecule has 0 amide bonds. The van der Waals surface area contributed by atoms with Crippen LogP contribution in [-0.4, -0.2) is 25.3 Å². The number of aliphatic carboxylic acids is 1. The molecule has 1 heterocycles. The van der Waals surface area contributed by atoms with Gasteiger partial charge in [-0.1, -0.05) is 12.1 Å². The second-order valence-corrected chi connectivity index (χ2v) is 7.57. The van der Waals surface area contributed by atoms with Crippen LogP contribution in [0.4, 0.5) is 0 Å². The molecule has 0 saturated carbocycles. The summed E-state index contributed by atoms with van der Waals surface area (Å²) in [6.07, 6.45) is 0.319. The third kappa shape index (κ3) is 3.34. The van der Waals surface area contributed by atoms with E-state index in [9.17, 15) is 9.90 Å². The molecule has 1 N–H and O–H groups in total. The summed E-state index contributed by atoms with van der Waals surface area (Å²) in [5, 5.41) is 19.8. The molecule has 2 aromatic carbocycles. The van der Waals surface area contributed by atoms with Crippen LogP contribution in [0.15, 0.2) is 42.5 Å². The normalized spacial score (nSPS) is 13.0. The highest BCUT2D eigenvalue weighted by Gasteiger charge is 2.36. The lowest BCUT2D eigenvalue weighted by Gasteiger charge is -2.24. The van der Waals surface area contributed by atoms with Gasteiger partial charge in [0.15, 0.2) is 0 Å². The predicted molar refractivity (Wildman–Crippen MR) is 105 cm³/mol. The zero-order chi connectivity index (χ0) is 19.6. The minimum Gasteiger partial charge on any atom is -0.496 e. The maximum atomic E-state index is 12.1. The van der Waals surface area contributed by atoms with Gasteiger partial charge in [-0.05, 0) is 42.8 Å². The van der Waals surface area contributed by atoms with Crippen LogP contribution < -0.4 is 9.47 Å². The highest BCUT2D eigenvalue weighted by atomic mass is 32.1. The lowest BCUT2D eigenvalue weighted by molar-refractivity contribution is -0.143. The second-order valence-electron chi connectivity index (χ2n) is 6.43. The molecule has 5 nitrogen and oxygen atoms in total. The number of carbonyl (C=O) groups is 1. The van der Waals surface area contributed by atoms with Crippen LogP contribution in [0.25, 0.3) is 10.1 Å². The van der Waals surface area contributed by atoms with E-state index in [0.717, 1.165) is 26.5 Å². The van der Waals surface area contributed by atoms with Crippen molar-refractivity contribution in [2.75, 3.05) is 14.2 Å². The predicted octanol–water partition coefficient (Wildman–Crippen LogP) is 4.38. The van der Waals surface area contributed by atoms with Crippen molar-refractivity contribution in [3.63, 3.8) is 0 Å². The first-order valence-electron chi connectivity index (χ1n) is 8.30. The van der Waals surface area contributed by atoms with Gasteiger partial charge in [0.05, 0.1) is 36.0 Å². The van der Waals surface area contributed by atoms with E-state index in [1.54, 1.807) is 45.4 Å². The van der Waals surface area contributed by atoms with Gasteiger partial charge in [0, 0.05) is 16.7 Å². The summed E-state index contributed by atoms with van der Waals surface area (Å²) in [5.74, 6) is 0.546. The van der Waals surface area contributed by atoms with E-state index in [1.165, 1.54) is 11.3 Å². The molecule has 6 heteroatoms. The van der Waals surface area contributed by atoms with Crippen molar-refractivity contribution in [2.24, 2.45) is 0 Å². The van der Waals surface area contributed by atoms with Crippen molar-refractivity contribution in [2.45, 2.75) is 18.8 Å². The number of fused-ring (bicyclic) bond motifs is 1. The fourth-order valence-corrected chi connectivity index (χ4v) is 4.43. The fraction of sp³-hybridized carbons (Fsp3) is 0.238. The Balaban J connectivity index is 2.06. The molecule has 0 bridgehead atoms. The van der Waals surface area contributed by atoms with Gasteiger partial charge >= 0.3 is 5.97 Å². The first-order chi connectivity index (χ1) is 12.9. The van der Waals surface area contributed by atoms with Gasteiger partial charge < -0.3 is 14.6 Å². The highest BCUT2D eigenvalue weighted by molar-refractivity contribution is 7.19. The Bertz CT molecular complexity index is 992. The molecule has 1 atom stereocenters. The minimum absolute atomic E-state index is 0.319. The molecule has 27 heavy (non-hydrogen) atoms. The largest absolute Gasteiger partial charge is 0.496 e. The number of benzene rings is 2. The SMILES string of the molecule is COc1ccc(OC)c2sc(CC(C)(C(=O)O)c3ccc(C#N)cc3)cc12.